The zero-order valence-electron chi connectivity index (χ0n) is 14.2. The number of hydrogen-bond donors (Lipinski definition) is 0. The molecule has 118 valence electrons. The highest BCUT2D eigenvalue weighted by Crippen LogP contribution is 2.29. The number of allylic oxidation sites excluding steroid dienone is 2. The molecule has 0 aliphatic heterocycles. The Kier molecular flexibility index (Phi) is 8.07. The molecule has 0 rings (SSSR count). The number of carbonyl (C=O) groups excluding carboxylic acids is 1. The SMILES string of the molecule is CCC(CC(C)(C)F)C(=O)/C(C)=C(\OC)C(CC)CC. The Bertz CT molecular complexity index is 335. The van der Waals surface area contributed by atoms with Crippen LogP contribution in [-0.2, 0) is 9.53 Å². The molecule has 0 aromatic heterocycles. The van der Waals surface area contributed by atoms with Crippen LogP contribution >= 0.6 is 0 Å². The van der Waals surface area contributed by atoms with Crippen molar-refractivity contribution in [3.05, 3.63) is 11.3 Å². The maximum absolute atomic E-state index is 13.8. The summed E-state index contributed by atoms with van der Waals surface area (Å²) in [4.78, 5) is 12.6. The minimum atomic E-state index is -1.32. The number of alkyl halides is 1. The van der Waals surface area contributed by atoms with Gasteiger partial charge in [0.25, 0.3) is 0 Å². The first kappa shape index (κ1) is 19.1. The Morgan fingerprint density at radius 1 is 1.10 bits per heavy atom. The average Bonchev–Trinajstić information content (AvgIpc) is 2.39. The zero-order valence-corrected chi connectivity index (χ0v) is 14.2. The Morgan fingerprint density at radius 2 is 1.55 bits per heavy atom. The number of Topliss-reactive ketones (excluding diaryl/α,β-unsaturated/α-hetero) is 1. The first-order valence-electron chi connectivity index (χ1n) is 7.69. The highest BCUT2D eigenvalue weighted by atomic mass is 19.1. The summed E-state index contributed by atoms with van der Waals surface area (Å²) in [5.41, 5.74) is -0.657. The predicted molar refractivity (Wildman–Crippen MR) is 82.4 cm³/mol. The molecule has 20 heavy (non-hydrogen) atoms. The summed E-state index contributed by atoms with van der Waals surface area (Å²) >= 11 is 0. The molecule has 0 saturated heterocycles. The molecule has 1 atom stereocenters. The summed E-state index contributed by atoms with van der Waals surface area (Å²) in [5, 5.41) is 0. The maximum atomic E-state index is 13.8. The molecule has 0 fully saturated rings. The second kappa shape index (κ2) is 8.43. The van der Waals surface area contributed by atoms with Gasteiger partial charge in [0.1, 0.15) is 11.4 Å². The second-order valence-electron chi connectivity index (χ2n) is 6.10. The van der Waals surface area contributed by atoms with Gasteiger partial charge < -0.3 is 4.74 Å². The number of rotatable bonds is 9. The lowest BCUT2D eigenvalue weighted by atomic mass is 9.85. The molecule has 0 aromatic rings. The van der Waals surface area contributed by atoms with Crippen molar-refractivity contribution in [3.8, 4) is 0 Å². The first-order chi connectivity index (χ1) is 9.21. The van der Waals surface area contributed by atoms with Crippen molar-refractivity contribution in [2.24, 2.45) is 11.8 Å². The van der Waals surface area contributed by atoms with Crippen LogP contribution in [0.25, 0.3) is 0 Å². The van der Waals surface area contributed by atoms with E-state index in [2.05, 4.69) is 13.8 Å². The Balaban J connectivity index is 5.29. The van der Waals surface area contributed by atoms with Crippen molar-refractivity contribution in [1.82, 2.24) is 0 Å². The molecule has 0 amide bonds. The predicted octanol–water partition coefficient (Wildman–Crippen LogP) is 5.08. The summed E-state index contributed by atoms with van der Waals surface area (Å²) in [6.07, 6.45) is 2.80. The normalized spacial score (nSPS) is 15.1. The molecule has 3 heteroatoms. The molecule has 2 nitrogen and oxygen atoms in total. The molecule has 0 aliphatic rings. The highest BCUT2D eigenvalue weighted by Gasteiger charge is 2.29. The Morgan fingerprint density at radius 3 is 1.85 bits per heavy atom. The summed E-state index contributed by atoms with van der Waals surface area (Å²) in [6, 6.07) is 0. The van der Waals surface area contributed by atoms with Gasteiger partial charge in [0.15, 0.2) is 5.78 Å². The zero-order chi connectivity index (χ0) is 15.9. The van der Waals surface area contributed by atoms with Crippen LogP contribution in [0.1, 0.15) is 67.2 Å². The summed E-state index contributed by atoms with van der Waals surface area (Å²) < 4.78 is 19.3. The molecule has 0 N–H and O–H groups in total. The number of ketones is 1. The van der Waals surface area contributed by atoms with Gasteiger partial charge in [-0.1, -0.05) is 20.8 Å². The van der Waals surface area contributed by atoms with E-state index in [1.165, 1.54) is 13.8 Å². The van der Waals surface area contributed by atoms with Crippen LogP contribution in [0.2, 0.25) is 0 Å². The van der Waals surface area contributed by atoms with Gasteiger partial charge in [0.05, 0.1) is 7.11 Å². The molecule has 0 aromatic carbocycles. The van der Waals surface area contributed by atoms with Crippen LogP contribution in [0.3, 0.4) is 0 Å². The topological polar surface area (TPSA) is 26.3 Å². The maximum Gasteiger partial charge on any atom is 0.165 e. The van der Waals surface area contributed by atoms with Crippen LogP contribution < -0.4 is 0 Å². The van der Waals surface area contributed by atoms with E-state index in [-0.39, 0.29) is 24.0 Å². The van der Waals surface area contributed by atoms with Crippen molar-refractivity contribution in [3.63, 3.8) is 0 Å². The van der Waals surface area contributed by atoms with E-state index in [0.717, 1.165) is 18.6 Å². The van der Waals surface area contributed by atoms with Crippen LogP contribution in [-0.4, -0.2) is 18.6 Å². The van der Waals surface area contributed by atoms with Gasteiger partial charge in [0, 0.05) is 17.4 Å². The van der Waals surface area contributed by atoms with E-state index >= 15 is 0 Å². The molecule has 0 aliphatic carbocycles. The van der Waals surface area contributed by atoms with Gasteiger partial charge in [0.2, 0.25) is 0 Å². The molecule has 0 heterocycles. The second-order valence-corrected chi connectivity index (χ2v) is 6.10. The lowest BCUT2D eigenvalue weighted by Crippen LogP contribution is -2.25. The smallest absolute Gasteiger partial charge is 0.165 e. The molecule has 1 unspecified atom stereocenters. The molecular weight excluding hydrogens is 255 g/mol. The minimum absolute atomic E-state index is 0.0296. The summed E-state index contributed by atoms with van der Waals surface area (Å²) in [7, 11) is 1.62. The standard InChI is InChI=1S/C17H31FO2/c1-8-13(9-2)16(20-7)12(4)15(19)14(10-3)11-17(5,6)18/h13-14H,8-11H2,1-7H3/b16-12-. The monoisotopic (exact) mass is 286 g/mol. The van der Waals surface area contributed by atoms with Crippen molar-refractivity contribution in [2.75, 3.05) is 7.11 Å². The van der Waals surface area contributed by atoms with E-state index < -0.39 is 5.67 Å². The molecule has 0 bridgehead atoms. The third-order valence-electron chi connectivity index (χ3n) is 3.91. The third-order valence-corrected chi connectivity index (χ3v) is 3.91. The molecule has 0 spiro atoms. The van der Waals surface area contributed by atoms with Gasteiger partial charge in [-0.3, -0.25) is 4.79 Å². The number of methoxy groups -OCH3 is 1. The lowest BCUT2D eigenvalue weighted by molar-refractivity contribution is -0.120. The number of hydrogen-bond acceptors (Lipinski definition) is 2. The van der Waals surface area contributed by atoms with Gasteiger partial charge in [-0.05, 0) is 46.5 Å². The van der Waals surface area contributed by atoms with Gasteiger partial charge in [-0.2, -0.15) is 0 Å². The third kappa shape index (κ3) is 5.64. The van der Waals surface area contributed by atoms with E-state index in [1.54, 1.807) is 7.11 Å². The number of halogens is 1. The Labute approximate surface area is 123 Å². The van der Waals surface area contributed by atoms with Crippen molar-refractivity contribution in [1.29, 1.82) is 0 Å². The lowest BCUT2D eigenvalue weighted by Gasteiger charge is -2.24. The molecule has 0 saturated carbocycles. The molecule has 0 radical (unpaired) electrons. The average molecular weight is 286 g/mol. The number of carbonyl (C=O) groups is 1. The van der Waals surface area contributed by atoms with E-state index in [1.807, 2.05) is 13.8 Å². The van der Waals surface area contributed by atoms with Gasteiger partial charge >= 0.3 is 0 Å². The summed E-state index contributed by atoms with van der Waals surface area (Å²) in [5.74, 6) is 0.798. The van der Waals surface area contributed by atoms with E-state index in [4.69, 9.17) is 4.74 Å². The fraction of sp³-hybridized carbons (Fsp3) is 0.824. The molecular formula is C17H31FO2. The number of ether oxygens (including phenoxy) is 1. The van der Waals surface area contributed by atoms with Gasteiger partial charge in [-0.25, -0.2) is 4.39 Å². The fourth-order valence-electron chi connectivity index (χ4n) is 2.72. The van der Waals surface area contributed by atoms with Crippen LogP contribution in [0.15, 0.2) is 11.3 Å². The van der Waals surface area contributed by atoms with Gasteiger partial charge in [-0.15, -0.1) is 0 Å². The van der Waals surface area contributed by atoms with Crippen molar-refractivity contribution >= 4 is 5.78 Å². The quantitative estimate of drug-likeness (QED) is 0.436. The van der Waals surface area contributed by atoms with Crippen LogP contribution in [0.4, 0.5) is 4.39 Å². The van der Waals surface area contributed by atoms with E-state index in [0.29, 0.717) is 12.0 Å². The van der Waals surface area contributed by atoms with Crippen molar-refractivity contribution in [2.45, 2.75) is 72.9 Å². The highest BCUT2D eigenvalue weighted by molar-refractivity contribution is 5.97. The Hall–Kier alpha value is -0.860. The fourth-order valence-corrected chi connectivity index (χ4v) is 2.72. The summed E-state index contributed by atoms with van der Waals surface area (Å²) in [6.45, 7) is 11.0. The van der Waals surface area contributed by atoms with Crippen molar-refractivity contribution < 1.29 is 13.9 Å². The van der Waals surface area contributed by atoms with Crippen LogP contribution in [0, 0.1) is 11.8 Å². The minimum Gasteiger partial charge on any atom is -0.500 e. The van der Waals surface area contributed by atoms with E-state index in [9.17, 15) is 9.18 Å². The van der Waals surface area contributed by atoms with Crippen LogP contribution in [0.5, 0.6) is 0 Å². The largest absolute Gasteiger partial charge is 0.500 e. The first-order valence-corrected chi connectivity index (χ1v) is 7.69.